The number of aliphatic hydroxyl groups is 9. The van der Waals surface area contributed by atoms with E-state index < -0.39 is 126 Å². The third kappa shape index (κ3) is 8.88. The number of hydrogen-bond acceptors (Lipinski definition) is 16. The van der Waals surface area contributed by atoms with Crippen LogP contribution in [0.5, 0.6) is 0 Å². The molecule has 0 radical (unpaired) electrons. The first kappa shape index (κ1) is 36.6. The lowest BCUT2D eigenvalue weighted by Gasteiger charge is -2.48. The molecule has 0 bridgehead atoms. The minimum Gasteiger partial charge on any atom is -0.394 e. The highest BCUT2D eigenvalue weighted by Crippen LogP contribution is 2.33. The van der Waals surface area contributed by atoms with E-state index >= 15 is 0 Å². The molecule has 10 N–H and O–H groups in total. The van der Waals surface area contributed by atoms with Crippen molar-refractivity contribution in [1.82, 2.24) is 5.32 Å². The topological polar surface area (TPSA) is 267 Å². The van der Waals surface area contributed by atoms with Crippen LogP contribution in [0.2, 0.25) is 25.7 Å². The van der Waals surface area contributed by atoms with E-state index in [1.165, 1.54) is 0 Å². The monoisotopic (exact) mass is 645 g/mol. The Kier molecular flexibility index (Phi) is 13.2. The summed E-state index contributed by atoms with van der Waals surface area (Å²) in [5.74, 6) is -0.638. The van der Waals surface area contributed by atoms with E-state index in [0.29, 0.717) is 0 Å². The van der Waals surface area contributed by atoms with Crippen LogP contribution in [-0.4, -0.2) is 178 Å². The maximum absolute atomic E-state index is 11.8. The van der Waals surface area contributed by atoms with Crippen LogP contribution < -0.4 is 5.32 Å². The fourth-order valence-electron chi connectivity index (χ4n) is 5.06. The molecule has 3 heterocycles. The van der Waals surface area contributed by atoms with Crippen LogP contribution in [0.1, 0.15) is 6.92 Å². The summed E-state index contributed by atoms with van der Waals surface area (Å²) < 4.78 is 33.8. The molecule has 15 unspecified atom stereocenters. The quantitative estimate of drug-likeness (QED) is 0.0890. The van der Waals surface area contributed by atoms with Crippen molar-refractivity contribution in [2.24, 2.45) is 0 Å². The molecule has 0 aromatic heterocycles. The molecule has 0 aliphatic carbocycles. The Morgan fingerprint density at radius 3 is 1.77 bits per heavy atom. The van der Waals surface area contributed by atoms with Gasteiger partial charge in [-0.05, 0) is 6.04 Å². The van der Waals surface area contributed by atoms with Gasteiger partial charge in [-0.1, -0.05) is 19.6 Å². The predicted molar refractivity (Wildman–Crippen MR) is 145 cm³/mol. The molecule has 0 aromatic carbocycles. The first-order valence-corrected chi connectivity index (χ1v) is 17.9. The predicted octanol–water partition coefficient (Wildman–Crippen LogP) is -5.07. The van der Waals surface area contributed by atoms with Crippen LogP contribution in [0.25, 0.3) is 0 Å². The zero-order chi connectivity index (χ0) is 32.2. The van der Waals surface area contributed by atoms with Crippen LogP contribution in [-0.2, 0) is 33.2 Å². The molecular weight excluding hydrogens is 598 g/mol. The zero-order valence-corrected chi connectivity index (χ0v) is 25.6. The van der Waals surface area contributed by atoms with E-state index in [1.807, 2.05) is 0 Å². The average Bonchev–Trinajstić information content (AvgIpc) is 2.94. The fraction of sp³-hybridized carbons (Fsp3) is 0.960. The minimum atomic E-state index is -1.88. The number of ether oxygens (including phenoxy) is 6. The second-order valence-corrected chi connectivity index (χ2v) is 17.9. The Morgan fingerprint density at radius 2 is 1.21 bits per heavy atom. The largest absolute Gasteiger partial charge is 0.394 e. The van der Waals surface area contributed by atoms with Crippen molar-refractivity contribution in [3.05, 3.63) is 0 Å². The SMILES string of the molecule is CC(=O)NC1C(OC2C(O)C(CO)OC(OC3C(CO)OC(OCC[Si](C)(C)C)C(O)C3O)C2O)OC(CO)C(O)C1O. The van der Waals surface area contributed by atoms with Gasteiger partial charge in [0.25, 0.3) is 0 Å². The van der Waals surface area contributed by atoms with Crippen molar-refractivity contribution in [1.29, 1.82) is 0 Å². The summed E-state index contributed by atoms with van der Waals surface area (Å²) in [6.07, 6.45) is -22.1. The van der Waals surface area contributed by atoms with Gasteiger partial charge in [-0.25, -0.2) is 0 Å². The third-order valence-electron chi connectivity index (χ3n) is 7.61. The summed E-state index contributed by atoms with van der Waals surface area (Å²) in [7, 11) is -1.49. The van der Waals surface area contributed by atoms with Gasteiger partial charge in [0.2, 0.25) is 5.91 Å². The second kappa shape index (κ2) is 15.6. The molecule has 3 fully saturated rings. The number of carbonyl (C=O) groups excluding carboxylic acids is 1. The van der Waals surface area contributed by atoms with E-state index in [0.717, 1.165) is 13.0 Å². The van der Waals surface area contributed by atoms with Crippen molar-refractivity contribution >= 4 is 14.0 Å². The summed E-state index contributed by atoms with van der Waals surface area (Å²) in [4.78, 5) is 11.8. The second-order valence-electron chi connectivity index (χ2n) is 12.2. The average molecular weight is 646 g/mol. The molecule has 0 aromatic rings. The normalized spacial score (nSPS) is 44.3. The molecular formula is C25H47NO16Si. The van der Waals surface area contributed by atoms with Gasteiger partial charge in [-0.3, -0.25) is 4.79 Å². The zero-order valence-electron chi connectivity index (χ0n) is 24.6. The van der Waals surface area contributed by atoms with E-state index in [2.05, 4.69) is 25.0 Å². The Hall–Kier alpha value is -0.913. The molecule has 15 atom stereocenters. The molecule has 43 heavy (non-hydrogen) atoms. The molecule has 3 aliphatic rings. The Labute approximate surface area is 249 Å². The molecule has 0 spiro atoms. The number of carbonyl (C=O) groups is 1. The van der Waals surface area contributed by atoms with Crippen molar-refractivity contribution in [2.45, 2.75) is 125 Å². The molecule has 3 aliphatic heterocycles. The molecule has 3 rings (SSSR count). The molecule has 0 saturated carbocycles. The summed E-state index contributed by atoms with van der Waals surface area (Å²) >= 11 is 0. The number of nitrogens with one attached hydrogen (secondary N) is 1. The lowest BCUT2D eigenvalue weighted by Crippen LogP contribution is -2.68. The summed E-state index contributed by atoms with van der Waals surface area (Å²) in [6, 6.07) is -0.666. The number of amides is 1. The van der Waals surface area contributed by atoms with Gasteiger partial charge in [0.1, 0.15) is 73.2 Å². The number of rotatable bonds is 12. The molecule has 18 heteroatoms. The van der Waals surface area contributed by atoms with E-state index in [9.17, 15) is 50.8 Å². The summed E-state index contributed by atoms with van der Waals surface area (Å²) in [5.41, 5.74) is 0. The smallest absolute Gasteiger partial charge is 0.217 e. The van der Waals surface area contributed by atoms with E-state index in [-0.39, 0.29) is 6.61 Å². The van der Waals surface area contributed by atoms with Gasteiger partial charge in [0.05, 0.1) is 19.8 Å². The van der Waals surface area contributed by atoms with E-state index in [4.69, 9.17) is 28.4 Å². The van der Waals surface area contributed by atoms with Crippen LogP contribution in [0, 0.1) is 0 Å². The Morgan fingerprint density at radius 1 is 0.674 bits per heavy atom. The van der Waals surface area contributed by atoms with Gasteiger partial charge >= 0.3 is 0 Å². The molecule has 17 nitrogen and oxygen atoms in total. The highest BCUT2D eigenvalue weighted by atomic mass is 28.3. The van der Waals surface area contributed by atoms with Crippen molar-refractivity contribution in [3.8, 4) is 0 Å². The van der Waals surface area contributed by atoms with Crippen LogP contribution in [0.3, 0.4) is 0 Å². The van der Waals surface area contributed by atoms with Gasteiger partial charge < -0.3 is 79.7 Å². The first-order chi connectivity index (χ1) is 20.1. The lowest BCUT2D eigenvalue weighted by molar-refractivity contribution is -0.375. The third-order valence-corrected chi connectivity index (χ3v) is 9.31. The lowest BCUT2D eigenvalue weighted by atomic mass is 9.95. The molecule has 252 valence electrons. The van der Waals surface area contributed by atoms with Crippen LogP contribution in [0.15, 0.2) is 0 Å². The first-order valence-electron chi connectivity index (χ1n) is 14.2. The Bertz CT molecular complexity index is 881. The van der Waals surface area contributed by atoms with Crippen LogP contribution in [0.4, 0.5) is 0 Å². The van der Waals surface area contributed by atoms with Crippen LogP contribution >= 0.6 is 0 Å². The fourth-order valence-corrected chi connectivity index (χ4v) is 5.79. The van der Waals surface area contributed by atoms with Gasteiger partial charge in [0.15, 0.2) is 18.9 Å². The number of hydrogen-bond donors (Lipinski definition) is 10. The minimum absolute atomic E-state index is 0.249. The Balaban J connectivity index is 1.78. The highest BCUT2D eigenvalue weighted by Gasteiger charge is 2.54. The molecule has 3 saturated heterocycles. The summed E-state index contributed by atoms with van der Waals surface area (Å²) in [5, 5.41) is 96.1. The van der Waals surface area contributed by atoms with Crippen molar-refractivity contribution in [2.75, 3.05) is 26.4 Å². The molecule has 1 amide bonds. The van der Waals surface area contributed by atoms with E-state index in [1.54, 1.807) is 0 Å². The number of aliphatic hydroxyl groups excluding tert-OH is 9. The van der Waals surface area contributed by atoms with Crippen molar-refractivity contribution in [3.63, 3.8) is 0 Å². The maximum atomic E-state index is 11.8. The summed E-state index contributed by atoms with van der Waals surface area (Å²) in [6.45, 7) is 5.54. The van der Waals surface area contributed by atoms with Gasteiger partial charge in [-0.2, -0.15) is 0 Å². The maximum Gasteiger partial charge on any atom is 0.217 e. The highest BCUT2D eigenvalue weighted by molar-refractivity contribution is 6.76. The van der Waals surface area contributed by atoms with Gasteiger partial charge in [0, 0.05) is 21.6 Å². The van der Waals surface area contributed by atoms with Crippen molar-refractivity contribution < 1.29 is 79.2 Å². The standard InChI is InChI=1S/C25H47NO16Si/c1-10(30)26-14-17(33)15(31)11(7-27)38-23(14)42-22-16(32)12(8-28)39-25(20(22)36)41-21-13(9-29)40-24(19(35)18(21)34)37-5-6-43(2,3)4/h11-25,27-29,31-36H,5-9H2,1-4H3,(H,26,30). The van der Waals surface area contributed by atoms with Gasteiger partial charge in [-0.15, -0.1) is 0 Å².